The van der Waals surface area contributed by atoms with Gasteiger partial charge in [-0.3, -0.25) is 4.79 Å². The normalized spacial score (nSPS) is 11.4. The summed E-state index contributed by atoms with van der Waals surface area (Å²) in [5.74, 6) is 0.184. The van der Waals surface area contributed by atoms with Gasteiger partial charge in [-0.1, -0.05) is 60.2 Å². The molecule has 0 saturated carbocycles. The third-order valence-corrected chi connectivity index (χ3v) is 5.43. The van der Waals surface area contributed by atoms with E-state index in [0.29, 0.717) is 11.1 Å². The topological polar surface area (TPSA) is 69.7 Å². The maximum absolute atomic E-state index is 12.4. The highest BCUT2D eigenvalue weighted by molar-refractivity contribution is 7.87. The summed E-state index contributed by atoms with van der Waals surface area (Å²) >= 11 is 0. The van der Waals surface area contributed by atoms with E-state index in [9.17, 15) is 13.2 Å². The Hall–Kier alpha value is -3.38. The lowest BCUT2D eigenvalue weighted by Crippen LogP contribution is -2.10. The largest absolute Gasteiger partial charge is 0.493 e. The Labute approximate surface area is 170 Å². The molecule has 0 spiro atoms. The number of methoxy groups -OCH3 is 1. The Morgan fingerprint density at radius 3 is 2.24 bits per heavy atom. The average molecular weight is 408 g/mol. The molecule has 0 atom stereocenters. The number of rotatable bonds is 7. The van der Waals surface area contributed by atoms with Gasteiger partial charge in [0.1, 0.15) is 4.90 Å². The van der Waals surface area contributed by atoms with Gasteiger partial charge in [0.05, 0.1) is 7.11 Å². The van der Waals surface area contributed by atoms with E-state index >= 15 is 0 Å². The number of allylic oxidation sites excluding steroid dienone is 1. The maximum Gasteiger partial charge on any atom is 0.339 e. The Balaban J connectivity index is 1.80. The number of benzene rings is 3. The summed E-state index contributed by atoms with van der Waals surface area (Å²) in [5.41, 5.74) is 2.34. The van der Waals surface area contributed by atoms with Crippen molar-refractivity contribution in [3.05, 3.63) is 95.6 Å². The van der Waals surface area contributed by atoms with Crippen LogP contribution in [0.25, 0.3) is 6.08 Å². The van der Waals surface area contributed by atoms with Gasteiger partial charge in [-0.2, -0.15) is 8.42 Å². The lowest BCUT2D eigenvalue weighted by atomic mass is 10.1. The fraction of sp³-hybridized carbons (Fsp3) is 0.0870. The zero-order valence-electron chi connectivity index (χ0n) is 16.0. The van der Waals surface area contributed by atoms with Gasteiger partial charge in [0, 0.05) is 5.56 Å². The molecule has 6 heteroatoms. The molecular weight excluding hydrogens is 388 g/mol. The second kappa shape index (κ2) is 8.75. The van der Waals surface area contributed by atoms with Crippen molar-refractivity contribution in [2.45, 2.75) is 11.8 Å². The molecular formula is C23H20O5S. The van der Waals surface area contributed by atoms with Crippen molar-refractivity contribution in [2.24, 2.45) is 0 Å². The van der Waals surface area contributed by atoms with E-state index in [1.165, 1.54) is 31.4 Å². The number of hydrogen-bond donors (Lipinski definition) is 0. The van der Waals surface area contributed by atoms with Gasteiger partial charge in [-0.25, -0.2) is 0 Å². The first-order valence-electron chi connectivity index (χ1n) is 8.86. The summed E-state index contributed by atoms with van der Waals surface area (Å²) in [7, 11) is -2.56. The molecule has 0 fully saturated rings. The highest BCUT2D eigenvalue weighted by Crippen LogP contribution is 2.31. The van der Waals surface area contributed by atoms with E-state index < -0.39 is 10.1 Å². The van der Waals surface area contributed by atoms with E-state index in [1.807, 2.05) is 19.1 Å². The summed E-state index contributed by atoms with van der Waals surface area (Å²) in [6.07, 6.45) is 3.10. The molecule has 3 aromatic carbocycles. The molecule has 5 nitrogen and oxygen atoms in total. The monoisotopic (exact) mass is 408 g/mol. The summed E-state index contributed by atoms with van der Waals surface area (Å²) in [6, 6.07) is 19.9. The van der Waals surface area contributed by atoms with Crippen molar-refractivity contribution in [2.75, 3.05) is 7.11 Å². The van der Waals surface area contributed by atoms with E-state index in [0.717, 1.165) is 5.56 Å². The summed E-state index contributed by atoms with van der Waals surface area (Å²) < 4.78 is 35.3. The molecule has 0 saturated heterocycles. The van der Waals surface area contributed by atoms with Crippen LogP contribution < -0.4 is 8.92 Å². The summed E-state index contributed by atoms with van der Waals surface area (Å²) in [6.45, 7) is 1.96. The Morgan fingerprint density at radius 2 is 1.59 bits per heavy atom. The molecule has 0 bridgehead atoms. The zero-order valence-corrected chi connectivity index (χ0v) is 16.8. The SMILES string of the molecule is COc1cc(C=CC(=O)c2ccc(C)cc2)ccc1OS(=O)(=O)c1ccccc1. The smallest absolute Gasteiger partial charge is 0.339 e. The predicted molar refractivity (Wildman–Crippen MR) is 112 cm³/mol. The average Bonchev–Trinajstić information content (AvgIpc) is 2.73. The van der Waals surface area contributed by atoms with Crippen molar-refractivity contribution in [1.29, 1.82) is 0 Å². The second-order valence-corrected chi connectivity index (χ2v) is 7.87. The van der Waals surface area contributed by atoms with Gasteiger partial charge in [0.15, 0.2) is 17.3 Å². The van der Waals surface area contributed by atoms with Gasteiger partial charge in [-0.15, -0.1) is 0 Å². The molecule has 0 heterocycles. The summed E-state index contributed by atoms with van der Waals surface area (Å²) in [5, 5.41) is 0. The van der Waals surface area contributed by atoms with Crippen LogP contribution in [0.1, 0.15) is 21.5 Å². The van der Waals surface area contributed by atoms with Crippen LogP contribution in [0, 0.1) is 6.92 Å². The van der Waals surface area contributed by atoms with Gasteiger partial charge < -0.3 is 8.92 Å². The first kappa shape index (κ1) is 20.4. The van der Waals surface area contributed by atoms with Crippen molar-refractivity contribution in [3.63, 3.8) is 0 Å². The van der Waals surface area contributed by atoms with Crippen LogP contribution in [-0.4, -0.2) is 21.3 Å². The Kier molecular flexibility index (Phi) is 6.14. The fourth-order valence-corrected chi connectivity index (χ4v) is 3.56. The van der Waals surface area contributed by atoms with Crippen molar-refractivity contribution in [3.8, 4) is 11.5 Å². The van der Waals surface area contributed by atoms with E-state index in [4.69, 9.17) is 8.92 Å². The minimum absolute atomic E-state index is 0.0507. The molecule has 0 radical (unpaired) electrons. The number of carbonyl (C=O) groups excluding carboxylic acids is 1. The number of aryl methyl sites for hydroxylation is 1. The predicted octanol–water partition coefficient (Wildman–Crippen LogP) is 4.67. The molecule has 0 N–H and O–H groups in total. The van der Waals surface area contributed by atoms with Crippen LogP contribution >= 0.6 is 0 Å². The third-order valence-electron chi connectivity index (χ3n) is 4.18. The molecule has 0 aliphatic rings. The van der Waals surface area contributed by atoms with Gasteiger partial charge in [0.2, 0.25) is 0 Å². The minimum atomic E-state index is -3.98. The molecule has 3 rings (SSSR count). The van der Waals surface area contributed by atoms with E-state index in [-0.39, 0.29) is 22.2 Å². The van der Waals surface area contributed by atoms with Crippen molar-refractivity contribution in [1.82, 2.24) is 0 Å². The number of carbonyl (C=O) groups is 1. The first-order chi connectivity index (χ1) is 13.9. The number of ketones is 1. The quantitative estimate of drug-likeness (QED) is 0.323. The molecule has 0 aliphatic heterocycles. The second-order valence-electron chi connectivity index (χ2n) is 6.32. The van der Waals surface area contributed by atoms with E-state index in [2.05, 4.69) is 0 Å². The van der Waals surface area contributed by atoms with Gasteiger partial charge in [0.25, 0.3) is 0 Å². The molecule has 0 aliphatic carbocycles. The number of ether oxygens (including phenoxy) is 1. The maximum atomic E-state index is 12.4. The Bertz CT molecular complexity index is 1130. The number of hydrogen-bond acceptors (Lipinski definition) is 5. The van der Waals surface area contributed by atoms with Crippen LogP contribution in [0.2, 0.25) is 0 Å². The molecule has 3 aromatic rings. The van der Waals surface area contributed by atoms with Crippen LogP contribution in [0.3, 0.4) is 0 Å². The van der Waals surface area contributed by atoms with Crippen molar-refractivity contribution < 1.29 is 22.1 Å². The van der Waals surface area contributed by atoms with Gasteiger partial charge >= 0.3 is 10.1 Å². The Morgan fingerprint density at radius 1 is 0.897 bits per heavy atom. The zero-order chi connectivity index (χ0) is 20.9. The molecule has 148 valence electrons. The third kappa shape index (κ3) is 5.12. The van der Waals surface area contributed by atoms with Crippen LogP contribution in [-0.2, 0) is 10.1 Å². The minimum Gasteiger partial charge on any atom is -0.493 e. The molecule has 0 unspecified atom stereocenters. The summed E-state index contributed by atoms with van der Waals surface area (Å²) in [4.78, 5) is 12.3. The standard InChI is InChI=1S/C23H20O5S/c1-17-8-12-19(13-9-17)21(24)14-10-18-11-15-22(23(16-18)27-2)28-29(25,26)20-6-4-3-5-7-20/h3-16H,1-2H3. The lowest BCUT2D eigenvalue weighted by Gasteiger charge is -2.11. The molecule has 29 heavy (non-hydrogen) atoms. The van der Waals surface area contributed by atoms with E-state index in [1.54, 1.807) is 48.5 Å². The first-order valence-corrected chi connectivity index (χ1v) is 10.3. The molecule has 0 amide bonds. The lowest BCUT2D eigenvalue weighted by molar-refractivity contribution is 0.104. The van der Waals surface area contributed by atoms with Crippen LogP contribution in [0.5, 0.6) is 11.5 Å². The van der Waals surface area contributed by atoms with Crippen LogP contribution in [0.15, 0.2) is 83.8 Å². The van der Waals surface area contributed by atoms with Crippen LogP contribution in [0.4, 0.5) is 0 Å². The fourth-order valence-electron chi connectivity index (χ4n) is 2.60. The molecule has 0 aromatic heterocycles. The van der Waals surface area contributed by atoms with Crippen molar-refractivity contribution >= 4 is 22.0 Å². The highest BCUT2D eigenvalue weighted by Gasteiger charge is 2.18. The highest BCUT2D eigenvalue weighted by atomic mass is 32.2. The van der Waals surface area contributed by atoms with Gasteiger partial charge in [-0.05, 0) is 42.8 Å².